The van der Waals surface area contributed by atoms with Crippen LogP contribution in [0.25, 0.3) is 11.3 Å². The molecule has 196 valence electrons. The van der Waals surface area contributed by atoms with Crippen LogP contribution in [0.5, 0.6) is 11.6 Å². The minimum Gasteiger partial charge on any atom is -0.436 e. The highest BCUT2D eigenvalue weighted by atomic mass is 19.1. The van der Waals surface area contributed by atoms with Gasteiger partial charge in [-0.05, 0) is 38.8 Å². The highest BCUT2D eigenvalue weighted by Gasteiger charge is 2.25. The molecular weight excluding hydrogens is 464 g/mol. The number of benzene rings is 2. The number of aryl methyl sites for hydroxylation is 1. The van der Waals surface area contributed by atoms with Crippen LogP contribution in [-0.4, -0.2) is 51.2 Å². The maximum Gasteiger partial charge on any atom is 0.222 e. The molecule has 6 nitrogen and oxygen atoms in total. The Morgan fingerprint density at radius 3 is 2.36 bits per heavy atom. The maximum absolute atomic E-state index is 14.5. The van der Waals surface area contributed by atoms with Crippen molar-refractivity contribution < 1.29 is 23.4 Å². The summed E-state index contributed by atoms with van der Waals surface area (Å²) in [6.45, 7) is 11.8. The van der Waals surface area contributed by atoms with E-state index in [1.54, 1.807) is 11.7 Å². The molecule has 0 saturated heterocycles. The molecule has 0 radical (unpaired) electrons. The largest absolute Gasteiger partial charge is 0.436 e. The van der Waals surface area contributed by atoms with Gasteiger partial charge in [-0.2, -0.15) is 5.10 Å². The fraction of sp³-hybridized carbons (Fsp3) is 0.464. The van der Waals surface area contributed by atoms with Crippen LogP contribution in [0.1, 0.15) is 40.2 Å². The van der Waals surface area contributed by atoms with Gasteiger partial charge in [0.15, 0.2) is 11.6 Å². The van der Waals surface area contributed by atoms with E-state index in [9.17, 15) is 13.9 Å². The average molecular weight is 502 g/mol. The number of ether oxygens (including phenoxy) is 2. The van der Waals surface area contributed by atoms with E-state index in [1.807, 2.05) is 51.1 Å². The molecule has 0 saturated carbocycles. The zero-order valence-corrected chi connectivity index (χ0v) is 22.0. The molecule has 36 heavy (non-hydrogen) atoms. The number of rotatable bonds is 11. The van der Waals surface area contributed by atoms with Gasteiger partial charge in [0, 0.05) is 38.3 Å². The second-order valence-electron chi connectivity index (χ2n) is 10.5. The molecule has 0 aliphatic rings. The fourth-order valence-corrected chi connectivity index (χ4v) is 3.95. The summed E-state index contributed by atoms with van der Waals surface area (Å²) in [5, 5.41) is 15.4. The summed E-state index contributed by atoms with van der Waals surface area (Å²) in [7, 11) is 1.73. The van der Waals surface area contributed by atoms with Crippen LogP contribution >= 0.6 is 0 Å². The number of aromatic nitrogens is 2. The standard InChI is InChI=1S/C28H37F2N3O3/c1-19(2)15-33(16-22(34)18-35-28(3,4)5)17-23-26(20-10-8-7-9-11-20)31-32(6)27(23)36-25-13-12-21(29)14-24(25)30/h7-14,19,22,34H,15-18H2,1-6H3. The van der Waals surface area contributed by atoms with Crippen molar-refractivity contribution >= 4 is 0 Å². The fourth-order valence-electron chi connectivity index (χ4n) is 3.95. The Bertz CT molecular complexity index is 1130. The van der Waals surface area contributed by atoms with Crippen molar-refractivity contribution in [2.24, 2.45) is 13.0 Å². The molecule has 1 aromatic heterocycles. The summed E-state index contributed by atoms with van der Waals surface area (Å²) < 4.78 is 41.3. The summed E-state index contributed by atoms with van der Waals surface area (Å²) in [5.41, 5.74) is 1.98. The molecule has 0 fully saturated rings. The van der Waals surface area contributed by atoms with Crippen molar-refractivity contribution in [3.8, 4) is 22.9 Å². The van der Waals surface area contributed by atoms with E-state index < -0.39 is 17.7 Å². The van der Waals surface area contributed by atoms with Crippen LogP contribution in [0.15, 0.2) is 48.5 Å². The molecule has 1 atom stereocenters. The lowest BCUT2D eigenvalue weighted by atomic mass is 10.1. The maximum atomic E-state index is 14.5. The number of aliphatic hydroxyl groups excluding tert-OH is 1. The molecule has 0 spiro atoms. The van der Waals surface area contributed by atoms with Crippen molar-refractivity contribution in [3.63, 3.8) is 0 Å². The third-order valence-electron chi connectivity index (χ3n) is 5.42. The first-order valence-corrected chi connectivity index (χ1v) is 12.2. The molecule has 3 rings (SSSR count). The summed E-state index contributed by atoms with van der Waals surface area (Å²) in [4.78, 5) is 2.12. The van der Waals surface area contributed by atoms with E-state index in [-0.39, 0.29) is 18.0 Å². The van der Waals surface area contributed by atoms with Crippen LogP contribution in [0.3, 0.4) is 0 Å². The topological polar surface area (TPSA) is 59.8 Å². The third-order valence-corrected chi connectivity index (χ3v) is 5.42. The average Bonchev–Trinajstić information content (AvgIpc) is 3.09. The van der Waals surface area contributed by atoms with Crippen molar-refractivity contribution in [1.82, 2.24) is 14.7 Å². The van der Waals surface area contributed by atoms with Gasteiger partial charge in [0.25, 0.3) is 0 Å². The molecule has 1 N–H and O–H groups in total. The van der Waals surface area contributed by atoms with E-state index in [4.69, 9.17) is 9.47 Å². The van der Waals surface area contributed by atoms with Crippen molar-refractivity contribution in [1.29, 1.82) is 0 Å². The smallest absolute Gasteiger partial charge is 0.222 e. The van der Waals surface area contributed by atoms with Gasteiger partial charge in [0.1, 0.15) is 11.5 Å². The predicted molar refractivity (Wildman–Crippen MR) is 137 cm³/mol. The lowest BCUT2D eigenvalue weighted by molar-refractivity contribution is -0.0573. The van der Waals surface area contributed by atoms with Gasteiger partial charge >= 0.3 is 0 Å². The first kappa shape index (κ1) is 27.8. The summed E-state index contributed by atoms with van der Waals surface area (Å²) in [6, 6.07) is 12.9. The first-order valence-electron chi connectivity index (χ1n) is 12.2. The van der Waals surface area contributed by atoms with Gasteiger partial charge in [-0.3, -0.25) is 4.90 Å². The summed E-state index contributed by atoms with van der Waals surface area (Å²) in [6.07, 6.45) is -0.696. The monoisotopic (exact) mass is 501 g/mol. The first-order chi connectivity index (χ1) is 16.9. The number of hydrogen-bond acceptors (Lipinski definition) is 5. The van der Waals surface area contributed by atoms with Crippen LogP contribution in [0.4, 0.5) is 8.78 Å². The second kappa shape index (κ2) is 12.0. The molecule has 1 heterocycles. The van der Waals surface area contributed by atoms with Gasteiger partial charge in [-0.1, -0.05) is 44.2 Å². The second-order valence-corrected chi connectivity index (χ2v) is 10.5. The van der Waals surface area contributed by atoms with E-state index in [2.05, 4.69) is 23.8 Å². The van der Waals surface area contributed by atoms with Gasteiger partial charge in [0.2, 0.25) is 5.88 Å². The quantitative estimate of drug-likeness (QED) is 0.360. The summed E-state index contributed by atoms with van der Waals surface area (Å²) >= 11 is 0. The van der Waals surface area contributed by atoms with Crippen LogP contribution in [-0.2, 0) is 18.3 Å². The van der Waals surface area contributed by atoms with Gasteiger partial charge in [-0.25, -0.2) is 13.5 Å². The lowest BCUT2D eigenvalue weighted by Crippen LogP contribution is -2.38. The molecule has 8 heteroatoms. The highest BCUT2D eigenvalue weighted by molar-refractivity contribution is 5.65. The molecule has 0 bridgehead atoms. The minimum atomic E-state index is -0.794. The Balaban J connectivity index is 1.97. The molecular formula is C28H37F2N3O3. The Kier molecular flexibility index (Phi) is 9.22. The number of nitrogens with zero attached hydrogens (tertiary/aromatic N) is 3. The van der Waals surface area contributed by atoms with Gasteiger partial charge < -0.3 is 14.6 Å². The molecule has 2 aromatic carbocycles. The van der Waals surface area contributed by atoms with Crippen molar-refractivity contribution in [2.75, 3.05) is 19.7 Å². The van der Waals surface area contributed by atoms with Crippen LogP contribution in [0, 0.1) is 17.6 Å². The normalized spacial score (nSPS) is 13.0. The van der Waals surface area contributed by atoms with Crippen LogP contribution < -0.4 is 4.74 Å². The third kappa shape index (κ3) is 7.85. The van der Waals surface area contributed by atoms with Gasteiger partial charge in [-0.15, -0.1) is 0 Å². The zero-order chi connectivity index (χ0) is 26.5. The number of halogens is 2. The summed E-state index contributed by atoms with van der Waals surface area (Å²) in [5.74, 6) is -0.874. The zero-order valence-electron chi connectivity index (χ0n) is 22.0. The van der Waals surface area contributed by atoms with E-state index in [0.717, 1.165) is 23.3 Å². The predicted octanol–water partition coefficient (Wildman–Crippen LogP) is 5.79. The SMILES string of the molecule is CC(C)CN(Cc1c(-c2ccccc2)nn(C)c1Oc1ccc(F)cc1F)CC(O)COC(C)(C)C. The Hall–Kier alpha value is -2.81. The minimum absolute atomic E-state index is 0.0886. The molecule has 0 aliphatic heterocycles. The number of hydrogen-bond donors (Lipinski definition) is 1. The number of aliphatic hydroxyl groups is 1. The van der Waals surface area contributed by atoms with Gasteiger partial charge in [0.05, 0.1) is 23.9 Å². The van der Waals surface area contributed by atoms with Crippen molar-refractivity contribution in [3.05, 3.63) is 65.7 Å². The van der Waals surface area contributed by atoms with E-state index >= 15 is 0 Å². The Labute approximate surface area is 212 Å². The van der Waals surface area contributed by atoms with E-state index in [1.165, 1.54) is 6.07 Å². The lowest BCUT2D eigenvalue weighted by Gasteiger charge is -2.28. The Morgan fingerprint density at radius 1 is 1.06 bits per heavy atom. The molecule has 3 aromatic rings. The molecule has 0 aliphatic carbocycles. The highest BCUT2D eigenvalue weighted by Crippen LogP contribution is 2.35. The molecule has 1 unspecified atom stereocenters. The van der Waals surface area contributed by atoms with Crippen LogP contribution in [0.2, 0.25) is 0 Å². The Morgan fingerprint density at radius 2 is 1.75 bits per heavy atom. The molecule has 0 amide bonds. The van der Waals surface area contributed by atoms with Crippen molar-refractivity contribution in [2.45, 2.75) is 52.9 Å². The van der Waals surface area contributed by atoms with E-state index in [0.29, 0.717) is 37.1 Å².